The monoisotopic (exact) mass is 290 g/mol. The third-order valence-corrected chi connectivity index (χ3v) is 3.00. The van der Waals surface area contributed by atoms with Gasteiger partial charge in [0, 0.05) is 5.92 Å². The van der Waals surface area contributed by atoms with Gasteiger partial charge in [-0.1, -0.05) is 36.4 Å². The fourth-order valence-electron chi connectivity index (χ4n) is 2.14. The van der Waals surface area contributed by atoms with Crippen molar-refractivity contribution in [2.24, 2.45) is 5.92 Å². The molecule has 0 fully saturated rings. The highest BCUT2D eigenvalue weighted by molar-refractivity contribution is 5.80. The molecule has 4 nitrogen and oxygen atoms in total. The van der Waals surface area contributed by atoms with Crippen LogP contribution < -0.4 is 0 Å². The molecule has 0 aliphatic heterocycles. The predicted octanol–water partition coefficient (Wildman–Crippen LogP) is 3.39. The lowest BCUT2D eigenvalue weighted by Gasteiger charge is -2.24. The van der Waals surface area contributed by atoms with Gasteiger partial charge in [0.15, 0.2) is 0 Å². The van der Waals surface area contributed by atoms with Gasteiger partial charge in [0.05, 0.1) is 12.3 Å². The first kappa shape index (κ1) is 17.0. The van der Waals surface area contributed by atoms with Gasteiger partial charge in [-0.25, -0.2) is 0 Å². The van der Waals surface area contributed by atoms with Crippen molar-refractivity contribution in [3.05, 3.63) is 48.6 Å². The molecule has 0 unspecified atom stereocenters. The Balaban J connectivity index is 2.93. The summed E-state index contributed by atoms with van der Waals surface area (Å²) in [5, 5.41) is 9.43. The van der Waals surface area contributed by atoms with E-state index in [4.69, 9.17) is 4.74 Å². The minimum Gasteiger partial charge on any atom is -0.481 e. The second kappa shape index (κ2) is 7.07. The highest BCUT2D eigenvalue weighted by atomic mass is 16.6. The van der Waals surface area contributed by atoms with Crippen LogP contribution in [0.5, 0.6) is 0 Å². The van der Waals surface area contributed by atoms with Crippen molar-refractivity contribution < 1.29 is 19.4 Å². The number of carboxylic acids is 1. The van der Waals surface area contributed by atoms with Crippen LogP contribution >= 0.6 is 0 Å². The van der Waals surface area contributed by atoms with Crippen molar-refractivity contribution in [1.29, 1.82) is 0 Å². The minimum atomic E-state index is -1.03. The number of aliphatic carboxylic acids is 1. The van der Waals surface area contributed by atoms with E-state index >= 15 is 0 Å². The van der Waals surface area contributed by atoms with Gasteiger partial charge in [-0.05, 0) is 26.3 Å². The third kappa shape index (κ3) is 5.42. The molecule has 4 heteroatoms. The van der Waals surface area contributed by atoms with Crippen molar-refractivity contribution in [2.45, 2.75) is 38.7 Å². The normalized spacial score (nSPS) is 14.0. The lowest BCUT2D eigenvalue weighted by atomic mass is 9.84. The Bertz CT molecular complexity index is 499. The molecular weight excluding hydrogens is 268 g/mol. The van der Waals surface area contributed by atoms with Crippen LogP contribution in [-0.4, -0.2) is 22.6 Å². The molecule has 21 heavy (non-hydrogen) atoms. The summed E-state index contributed by atoms with van der Waals surface area (Å²) in [5.74, 6) is -2.87. The highest BCUT2D eigenvalue weighted by Gasteiger charge is 2.31. The van der Waals surface area contributed by atoms with E-state index in [-0.39, 0.29) is 6.42 Å². The summed E-state index contributed by atoms with van der Waals surface area (Å²) in [6.45, 7) is 8.97. The maximum Gasteiger partial charge on any atom is 0.308 e. The van der Waals surface area contributed by atoms with Crippen molar-refractivity contribution >= 4 is 11.9 Å². The Morgan fingerprint density at radius 1 is 1.29 bits per heavy atom. The van der Waals surface area contributed by atoms with E-state index in [2.05, 4.69) is 6.58 Å². The fourth-order valence-corrected chi connectivity index (χ4v) is 2.14. The molecule has 0 aliphatic rings. The van der Waals surface area contributed by atoms with Gasteiger partial charge in [-0.2, -0.15) is 0 Å². The van der Waals surface area contributed by atoms with Crippen molar-refractivity contribution in [3.63, 3.8) is 0 Å². The van der Waals surface area contributed by atoms with Crippen molar-refractivity contribution in [1.82, 2.24) is 0 Å². The first-order chi connectivity index (χ1) is 9.74. The number of ether oxygens (including phenoxy) is 1. The molecule has 114 valence electrons. The molecular formula is C17H22O4. The van der Waals surface area contributed by atoms with E-state index in [1.54, 1.807) is 26.8 Å². The number of benzene rings is 1. The largest absolute Gasteiger partial charge is 0.481 e. The number of carboxylic acid groups (broad SMARTS) is 1. The van der Waals surface area contributed by atoms with Crippen LogP contribution in [0, 0.1) is 5.92 Å². The molecule has 0 heterocycles. The summed E-state index contributed by atoms with van der Waals surface area (Å²) >= 11 is 0. The number of allylic oxidation sites excluding steroid dienone is 1. The Morgan fingerprint density at radius 3 is 2.29 bits per heavy atom. The summed E-state index contributed by atoms with van der Waals surface area (Å²) in [6.07, 6.45) is 1.39. The topological polar surface area (TPSA) is 63.6 Å². The first-order valence-corrected chi connectivity index (χ1v) is 6.86. The maximum atomic E-state index is 11.9. The summed E-state index contributed by atoms with van der Waals surface area (Å²) < 4.78 is 5.21. The maximum absolute atomic E-state index is 11.9. The molecule has 1 rings (SSSR count). The molecule has 1 aromatic carbocycles. The summed E-state index contributed by atoms with van der Waals surface area (Å²) in [6, 6.07) is 9.18. The Kier molecular flexibility index (Phi) is 5.70. The number of carbonyl (C=O) groups excluding carboxylic acids is 1. The number of esters is 1. The van der Waals surface area contributed by atoms with Gasteiger partial charge in [0.1, 0.15) is 5.60 Å². The van der Waals surface area contributed by atoms with Crippen LogP contribution in [0.2, 0.25) is 0 Å². The molecule has 0 aromatic heterocycles. The SMILES string of the molecule is C=C[C@H](c1ccccc1)[C@H](CC(=O)OC(C)(C)C)C(=O)O. The van der Waals surface area contributed by atoms with E-state index in [0.29, 0.717) is 0 Å². The van der Waals surface area contributed by atoms with E-state index in [0.717, 1.165) is 5.56 Å². The zero-order chi connectivity index (χ0) is 16.0. The van der Waals surface area contributed by atoms with Gasteiger partial charge in [0.2, 0.25) is 0 Å². The molecule has 0 amide bonds. The van der Waals surface area contributed by atoms with Crippen LogP contribution in [0.3, 0.4) is 0 Å². The number of carbonyl (C=O) groups is 2. The summed E-state index contributed by atoms with van der Waals surface area (Å²) in [7, 11) is 0. The number of hydrogen-bond donors (Lipinski definition) is 1. The predicted molar refractivity (Wildman–Crippen MR) is 81.0 cm³/mol. The average Bonchev–Trinajstić information content (AvgIpc) is 2.37. The van der Waals surface area contributed by atoms with Crippen LogP contribution in [-0.2, 0) is 14.3 Å². The van der Waals surface area contributed by atoms with Gasteiger partial charge in [0.25, 0.3) is 0 Å². The van der Waals surface area contributed by atoms with Crippen LogP contribution in [0.4, 0.5) is 0 Å². The quantitative estimate of drug-likeness (QED) is 0.644. The Labute approximate surface area is 125 Å². The zero-order valence-corrected chi connectivity index (χ0v) is 12.7. The molecule has 0 spiro atoms. The average molecular weight is 290 g/mol. The number of hydrogen-bond acceptors (Lipinski definition) is 3. The Morgan fingerprint density at radius 2 is 1.86 bits per heavy atom. The first-order valence-electron chi connectivity index (χ1n) is 6.86. The number of rotatable bonds is 6. The lowest BCUT2D eigenvalue weighted by molar-refractivity contribution is -0.160. The summed E-state index contributed by atoms with van der Waals surface area (Å²) in [4.78, 5) is 23.4. The van der Waals surface area contributed by atoms with Crippen molar-refractivity contribution in [2.75, 3.05) is 0 Å². The van der Waals surface area contributed by atoms with Crippen LogP contribution in [0.25, 0.3) is 0 Å². The standard InChI is InChI=1S/C17H22O4/c1-5-13(12-9-7-6-8-10-12)14(16(19)20)11-15(18)21-17(2,3)4/h5-10,13-14H,1,11H2,2-4H3,(H,19,20)/t13-,14+/m1/s1. The highest BCUT2D eigenvalue weighted by Crippen LogP contribution is 2.29. The fraction of sp³-hybridized carbons (Fsp3) is 0.412. The smallest absolute Gasteiger partial charge is 0.308 e. The summed E-state index contributed by atoms with van der Waals surface area (Å²) in [5.41, 5.74) is 0.194. The molecule has 0 aliphatic carbocycles. The molecule has 1 aromatic rings. The molecule has 0 bridgehead atoms. The minimum absolute atomic E-state index is 0.182. The van der Waals surface area contributed by atoms with Crippen LogP contribution in [0.15, 0.2) is 43.0 Å². The van der Waals surface area contributed by atoms with E-state index in [1.807, 2.05) is 30.3 Å². The second-order valence-corrected chi connectivity index (χ2v) is 5.91. The Hall–Kier alpha value is -2.10. The van der Waals surface area contributed by atoms with Gasteiger partial charge >= 0.3 is 11.9 Å². The van der Waals surface area contributed by atoms with Gasteiger partial charge in [-0.3, -0.25) is 9.59 Å². The van der Waals surface area contributed by atoms with Gasteiger partial charge < -0.3 is 9.84 Å². The van der Waals surface area contributed by atoms with Crippen LogP contribution in [0.1, 0.15) is 38.7 Å². The zero-order valence-electron chi connectivity index (χ0n) is 12.7. The van der Waals surface area contributed by atoms with Gasteiger partial charge in [-0.15, -0.1) is 6.58 Å². The van der Waals surface area contributed by atoms with E-state index < -0.39 is 29.4 Å². The van der Waals surface area contributed by atoms with Crippen molar-refractivity contribution in [3.8, 4) is 0 Å². The molecule has 2 atom stereocenters. The molecule has 0 saturated carbocycles. The molecule has 0 radical (unpaired) electrons. The second-order valence-electron chi connectivity index (χ2n) is 5.91. The third-order valence-electron chi connectivity index (χ3n) is 3.00. The van der Waals surface area contributed by atoms with E-state index in [9.17, 15) is 14.7 Å². The molecule has 0 saturated heterocycles. The molecule has 1 N–H and O–H groups in total. The lowest BCUT2D eigenvalue weighted by Crippen LogP contribution is -2.29. The van der Waals surface area contributed by atoms with E-state index in [1.165, 1.54) is 0 Å².